The van der Waals surface area contributed by atoms with Crippen LogP contribution in [0, 0.1) is 0 Å². The third-order valence-corrected chi connectivity index (χ3v) is 3.99. The molecule has 0 spiro atoms. The third kappa shape index (κ3) is 1.51. The van der Waals surface area contributed by atoms with Crippen molar-refractivity contribution in [3.8, 4) is 11.4 Å². The molecule has 0 amide bonds. The Morgan fingerprint density at radius 2 is 2.29 bits per heavy atom. The van der Waals surface area contributed by atoms with Gasteiger partial charge in [0.1, 0.15) is 10.4 Å². The van der Waals surface area contributed by atoms with Crippen molar-refractivity contribution in [3.63, 3.8) is 0 Å². The molecule has 3 aromatic heterocycles. The zero-order valence-corrected chi connectivity index (χ0v) is 10.1. The molecule has 3 aromatic rings. The summed E-state index contributed by atoms with van der Waals surface area (Å²) in [4.78, 5) is 5.42. The molecule has 0 saturated carbocycles. The van der Waals surface area contributed by atoms with Crippen LogP contribution in [0.2, 0.25) is 0 Å². The van der Waals surface area contributed by atoms with Crippen LogP contribution >= 0.6 is 11.3 Å². The number of pyridine rings is 1. The number of nitrogen functional groups attached to an aromatic ring is 1. The highest BCUT2D eigenvalue weighted by molar-refractivity contribution is 7.20. The molecule has 5 heteroatoms. The maximum absolute atomic E-state index is 6.00. The van der Waals surface area contributed by atoms with Crippen LogP contribution in [0.1, 0.15) is 11.8 Å². The standard InChI is InChI=1S/C12H11N3OS/c1-2-8-9(13)11-12(17-8)10(15-16-11)7-5-3-4-6-14-7/h3-6H,2,13H2,1H3. The van der Waals surface area contributed by atoms with Crippen LogP contribution in [0.3, 0.4) is 0 Å². The predicted octanol–water partition coefficient (Wildman–Crippen LogP) is 3.10. The smallest absolute Gasteiger partial charge is 0.201 e. The second-order valence-corrected chi connectivity index (χ2v) is 4.80. The summed E-state index contributed by atoms with van der Waals surface area (Å²) >= 11 is 1.63. The lowest BCUT2D eigenvalue weighted by Crippen LogP contribution is -1.85. The number of aromatic nitrogens is 2. The fraction of sp³-hybridized carbons (Fsp3) is 0.167. The molecule has 0 aliphatic carbocycles. The highest BCUT2D eigenvalue weighted by Crippen LogP contribution is 2.39. The summed E-state index contributed by atoms with van der Waals surface area (Å²) in [6.45, 7) is 2.08. The van der Waals surface area contributed by atoms with Gasteiger partial charge in [0.05, 0.1) is 11.4 Å². The number of nitrogens with zero attached hydrogens (tertiary/aromatic N) is 2. The van der Waals surface area contributed by atoms with Gasteiger partial charge >= 0.3 is 0 Å². The highest BCUT2D eigenvalue weighted by atomic mass is 32.1. The van der Waals surface area contributed by atoms with E-state index in [4.69, 9.17) is 10.3 Å². The monoisotopic (exact) mass is 245 g/mol. The number of aryl methyl sites for hydroxylation is 1. The zero-order chi connectivity index (χ0) is 11.8. The minimum atomic E-state index is 0.688. The van der Waals surface area contributed by atoms with E-state index >= 15 is 0 Å². The van der Waals surface area contributed by atoms with Gasteiger partial charge in [-0.3, -0.25) is 4.98 Å². The molecule has 0 saturated heterocycles. The van der Waals surface area contributed by atoms with Gasteiger partial charge in [-0.15, -0.1) is 11.3 Å². The Morgan fingerprint density at radius 1 is 1.41 bits per heavy atom. The Kier molecular flexibility index (Phi) is 2.33. The predicted molar refractivity (Wildman–Crippen MR) is 68.9 cm³/mol. The average molecular weight is 245 g/mol. The third-order valence-electron chi connectivity index (χ3n) is 2.65. The normalized spacial score (nSPS) is 11.1. The van der Waals surface area contributed by atoms with Crippen LogP contribution in [0.4, 0.5) is 5.69 Å². The topological polar surface area (TPSA) is 64.9 Å². The van der Waals surface area contributed by atoms with E-state index in [1.54, 1.807) is 17.5 Å². The van der Waals surface area contributed by atoms with Crippen molar-refractivity contribution in [1.29, 1.82) is 0 Å². The van der Waals surface area contributed by atoms with Gasteiger partial charge in [0.25, 0.3) is 0 Å². The van der Waals surface area contributed by atoms with Crippen LogP contribution in [0.25, 0.3) is 21.7 Å². The zero-order valence-electron chi connectivity index (χ0n) is 9.30. The molecule has 2 N–H and O–H groups in total. The Morgan fingerprint density at radius 3 is 3.00 bits per heavy atom. The molecule has 0 aromatic carbocycles. The molecule has 0 fully saturated rings. The van der Waals surface area contributed by atoms with Gasteiger partial charge in [0, 0.05) is 11.1 Å². The number of rotatable bonds is 2. The van der Waals surface area contributed by atoms with Crippen molar-refractivity contribution in [1.82, 2.24) is 10.1 Å². The second kappa shape index (κ2) is 3.85. The van der Waals surface area contributed by atoms with Gasteiger partial charge in [0.15, 0.2) is 0 Å². The first-order chi connectivity index (χ1) is 8.31. The van der Waals surface area contributed by atoms with Crippen molar-refractivity contribution < 1.29 is 4.52 Å². The molecule has 0 bridgehead atoms. The summed E-state index contributed by atoms with van der Waals surface area (Å²) in [6.07, 6.45) is 2.65. The summed E-state index contributed by atoms with van der Waals surface area (Å²) in [5, 5.41) is 4.05. The van der Waals surface area contributed by atoms with Gasteiger partial charge in [-0.05, 0) is 18.6 Å². The van der Waals surface area contributed by atoms with Crippen molar-refractivity contribution in [2.75, 3.05) is 5.73 Å². The first-order valence-corrected chi connectivity index (χ1v) is 6.20. The van der Waals surface area contributed by atoms with Gasteiger partial charge < -0.3 is 10.3 Å². The molecule has 86 valence electrons. The Balaban J connectivity index is 2.25. The minimum absolute atomic E-state index is 0.688. The Labute approximate surface area is 102 Å². The van der Waals surface area contributed by atoms with E-state index in [-0.39, 0.29) is 0 Å². The lowest BCUT2D eigenvalue weighted by molar-refractivity contribution is 0.460. The lowest BCUT2D eigenvalue weighted by Gasteiger charge is -1.92. The summed E-state index contributed by atoms with van der Waals surface area (Å²) < 4.78 is 6.30. The summed E-state index contributed by atoms with van der Waals surface area (Å²) in [7, 11) is 0. The maximum atomic E-state index is 6.00. The number of nitrogens with two attached hydrogens (primary N) is 1. The SMILES string of the molecule is CCc1sc2c(-c3ccccn3)noc2c1N. The highest BCUT2D eigenvalue weighted by Gasteiger charge is 2.18. The Hall–Kier alpha value is -1.88. The molecule has 3 rings (SSSR count). The number of fused-ring (bicyclic) bond motifs is 1. The molecular weight excluding hydrogens is 234 g/mol. The molecule has 4 nitrogen and oxygen atoms in total. The van der Waals surface area contributed by atoms with E-state index in [1.165, 1.54) is 0 Å². The van der Waals surface area contributed by atoms with E-state index in [1.807, 2.05) is 18.2 Å². The van der Waals surface area contributed by atoms with E-state index < -0.39 is 0 Å². The number of hydrogen-bond donors (Lipinski definition) is 1. The Bertz CT molecular complexity index is 657. The lowest BCUT2D eigenvalue weighted by atomic mass is 10.2. The second-order valence-electron chi connectivity index (χ2n) is 3.70. The van der Waals surface area contributed by atoms with Crippen LogP contribution in [0.5, 0.6) is 0 Å². The average Bonchev–Trinajstić information content (AvgIpc) is 2.91. The molecule has 3 heterocycles. The van der Waals surface area contributed by atoms with E-state index in [2.05, 4.69) is 17.1 Å². The minimum Gasteiger partial charge on any atom is -0.395 e. The van der Waals surface area contributed by atoms with Crippen LogP contribution in [0.15, 0.2) is 28.9 Å². The summed E-state index contributed by atoms with van der Waals surface area (Å²) in [5.41, 5.74) is 8.98. The summed E-state index contributed by atoms with van der Waals surface area (Å²) in [5.74, 6) is 0. The molecule has 0 aliphatic rings. The van der Waals surface area contributed by atoms with Gasteiger partial charge in [-0.25, -0.2) is 0 Å². The van der Waals surface area contributed by atoms with E-state index in [9.17, 15) is 0 Å². The fourth-order valence-corrected chi connectivity index (χ4v) is 2.85. The van der Waals surface area contributed by atoms with Gasteiger partial charge in [-0.2, -0.15) is 0 Å². The molecule has 0 unspecified atom stereocenters. The van der Waals surface area contributed by atoms with E-state index in [0.29, 0.717) is 11.3 Å². The van der Waals surface area contributed by atoms with Crippen LogP contribution in [-0.2, 0) is 6.42 Å². The molecule has 17 heavy (non-hydrogen) atoms. The maximum Gasteiger partial charge on any atom is 0.201 e. The van der Waals surface area contributed by atoms with Crippen molar-refractivity contribution >= 4 is 27.3 Å². The molecule has 0 atom stereocenters. The van der Waals surface area contributed by atoms with Crippen molar-refractivity contribution in [3.05, 3.63) is 29.3 Å². The first-order valence-electron chi connectivity index (χ1n) is 5.39. The van der Waals surface area contributed by atoms with Crippen LogP contribution < -0.4 is 5.73 Å². The molecular formula is C12H11N3OS. The number of anilines is 1. The van der Waals surface area contributed by atoms with Gasteiger partial charge in [0.2, 0.25) is 5.58 Å². The molecule has 0 aliphatic heterocycles. The quantitative estimate of drug-likeness (QED) is 0.753. The first kappa shape index (κ1) is 10.3. The van der Waals surface area contributed by atoms with E-state index in [0.717, 1.165) is 27.4 Å². The molecule has 0 radical (unpaired) electrons. The van der Waals surface area contributed by atoms with Gasteiger partial charge in [-0.1, -0.05) is 18.1 Å². The largest absolute Gasteiger partial charge is 0.395 e. The summed E-state index contributed by atoms with van der Waals surface area (Å²) in [6, 6.07) is 5.72. The number of hydrogen-bond acceptors (Lipinski definition) is 5. The van der Waals surface area contributed by atoms with Crippen molar-refractivity contribution in [2.45, 2.75) is 13.3 Å². The van der Waals surface area contributed by atoms with Crippen molar-refractivity contribution in [2.24, 2.45) is 0 Å². The van der Waals surface area contributed by atoms with Crippen LogP contribution in [-0.4, -0.2) is 10.1 Å². The number of thiophene rings is 1. The fourth-order valence-electron chi connectivity index (χ4n) is 1.78.